The molecule has 0 spiro atoms. The summed E-state index contributed by atoms with van der Waals surface area (Å²) in [6.07, 6.45) is 1.76. The van der Waals surface area contributed by atoms with Gasteiger partial charge in [0.2, 0.25) is 15.9 Å². The van der Waals surface area contributed by atoms with Crippen molar-refractivity contribution in [1.82, 2.24) is 4.31 Å². The molecule has 2 aromatic rings. The molecule has 0 fully saturated rings. The van der Waals surface area contributed by atoms with Gasteiger partial charge in [0.05, 0.1) is 4.90 Å². The average Bonchev–Trinajstić information content (AvgIpc) is 3.11. The third-order valence-corrected chi connectivity index (χ3v) is 6.37. The smallest absolute Gasteiger partial charge is 0.258 e. The first-order valence-electron chi connectivity index (χ1n) is 8.65. The van der Waals surface area contributed by atoms with Gasteiger partial charge in [0, 0.05) is 37.6 Å². The maximum atomic E-state index is 12.9. The highest BCUT2D eigenvalue weighted by atomic mass is 32.2. The van der Waals surface area contributed by atoms with Crippen LogP contribution in [-0.4, -0.2) is 45.2 Å². The molecule has 1 aliphatic heterocycles. The highest BCUT2D eigenvalue weighted by Crippen LogP contribution is 2.32. The van der Waals surface area contributed by atoms with Crippen LogP contribution in [0.5, 0.6) is 0 Å². The molecular formula is C20H21N3O4S. The maximum Gasteiger partial charge on any atom is 0.258 e. The van der Waals surface area contributed by atoms with Crippen LogP contribution in [0.3, 0.4) is 0 Å². The fourth-order valence-electron chi connectivity index (χ4n) is 3.01. The second kappa shape index (κ2) is 7.57. The van der Waals surface area contributed by atoms with Gasteiger partial charge in [-0.15, -0.1) is 0 Å². The van der Waals surface area contributed by atoms with E-state index in [1.54, 1.807) is 41.3 Å². The number of hydrogen-bond acceptors (Lipinski definition) is 4. The number of nitrogens with zero attached hydrogens (tertiary/aromatic N) is 2. The Morgan fingerprint density at radius 2 is 1.82 bits per heavy atom. The number of hydrogen-bond donors (Lipinski definition) is 1. The van der Waals surface area contributed by atoms with Crippen molar-refractivity contribution < 1.29 is 18.0 Å². The third kappa shape index (κ3) is 3.69. The van der Waals surface area contributed by atoms with Crippen LogP contribution in [0.25, 0.3) is 0 Å². The number of anilines is 2. The van der Waals surface area contributed by atoms with Crippen molar-refractivity contribution >= 4 is 33.2 Å². The van der Waals surface area contributed by atoms with Gasteiger partial charge < -0.3 is 10.2 Å². The van der Waals surface area contributed by atoms with Gasteiger partial charge in [0.1, 0.15) is 0 Å². The van der Waals surface area contributed by atoms with Crippen LogP contribution in [-0.2, 0) is 21.2 Å². The van der Waals surface area contributed by atoms with Crippen LogP contribution < -0.4 is 10.2 Å². The molecule has 1 heterocycles. The Balaban J connectivity index is 1.83. The Morgan fingerprint density at radius 1 is 1.14 bits per heavy atom. The molecule has 2 aromatic carbocycles. The Hall–Kier alpha value is -2.97. The van der Waals surface area contributed by atoms with Crippen LogP contribution in [0.1, 0.15) is 15.9 Å². The van der Waals surface area contributed by atoms with E-state index in [1.807, 2.05) is 0 Å². The molecule has 7 nitrogen and oxygen atoms in total. The van der Waals surface area contributed by atoms with Crippen LogP contribution in [0.15, 0.2) is 60.0 Å². The predicted octanol–water partition coefficient (Wildman–Crippen LogP) is 2.26. The molecule has 8 heteroatoms. The van der Waals surface area contributed by atoms with E-state index in [4.69, 9.17) is 0 Å². The van der Waals surface area contributed by atoms with Gasteiger partial charge in [-0.05, 0) is 60.5 Å². The molecular weight excluding hydrogens is 378 g/mol. The van der Waals surface area contributed by atoms with Crippen molar-refractivity contribution in [2.75, 3.05) is 30.9 Å². The summed E-state index contributed by atoms with van der Waals surface area (Å²) >= 11 is 0. The largest absolute Gasteiger partial charge is 0.323 e. The van der Waals surface area contributed by atoms with E-state index in [0.717, 1.165) is 5.56 Å². The van der Waals surface area contributed by atoms with Crippen LogP contribution in [0, 0.1) is 0 Å². The van der Waals surface area contributed by atoms with Crippen molar-refractivity contribution in [2.24, 2.45) is 0 Å². The number of carbonyl (C=O) groups excluding carboxylic acids is 2. The fraction of sp³-hybridized carbons (Fsp3) is 0.200. The van der Waals surface area contributed by atoms with Crippen LogP contribution in [0.4, 0.5) is 11.4 Å². The van der Waals surface area contributed by atoms with Crippen molar-refractivity contribution in [1.29, 1.82) is 0 Å². The first kappa shape index (κ1) is 19.8. The summed E-state index contributed by atoms with van der Waals surface area (Å²) in [6, 6.07) is 11.4. The standard InChI is InChI=1S/C20H21N3O4S/c1-4-19(24)21-16-7-5-14(6-8-16)20(25)23-12-11-15-13-17(9-10-18(15)23)28(26,27)22(2)3/h4-10,13H,1,11-12H2,2-3H3,(H,21,24). The summed E-state index contributed by atoms with van der Waals surface area (Å²) in [5, 5.41) is 2.63. The lowest BCUT2D eigenvalue weighted by atomic mass is 10.1. The zero-order chi connectivity index (χ0) is 20.5. The molecule has 0 saturated heterocycles. The summed E-state index contributed by atoms with van der Waals surface area (Å²) in [7, 11) is -0.546. The number of rotatable bonds is 5. The molecule has 1 aliphatic rings. The SMILES string of the molecule is C=CC(=O)Nc1ccc(C(=O)N2CCc3cc(S(=O)(=O)N(C)C)ccc32)cc1. The maximum absolute atomic E-state index is 12.9. The Morgan fingerprint density at radius 3 is 2.43 bits per heavy atom. The number of amides is 2. The first-order chi connectivity index (χ1) is 13.2. The lowest BCUT2D eigenvalue weighted by Gasteiger charge is -2.18. The number of nitrogens with one attached hydrogen (secondary N) is 1. The minimum atomic E-state index is -3.52. The monoisotopic (exact) mass is 399 g/mol. The molecule has 2 amide bonds. The van der Waals surface area contributed by atoms with Gasteiger partial charge in [-0.25, -0.2) is 12.7 Å². The molecule has 0 aromatic heterocycles. The summed E-state index contributed by atoms with van der Waals surface area (Å²) in [5.74, 6) is -0.500. The van der Waals surface area contributed by atoms with Gasteiger partial charge in [-0.2, -0.15) is 0 Å². The Labute approximate surface area is 164 Å². The van der Waals surface area contributed by atoms with Gasteiger partial charge in [0.25, 0.3) is 5.91 Å². The van der Waals surface area contributed by atoms with E-state index < -0.39 is 10.0 Å². The Kier molecular flexibility index (Phi) is 5.35. The second-order valence-corrected chi connectivity index (χ2v) is 8.71. The van der Waals surface area contributed by atoms with Crippen LogP contribution in [0.2, 0.25) is 0 Å². The number of benzene rings is 2. The molecule has 0 saturated carbocycles. The average molecular weight is 399 g/mol. The van der Waals surface area contributed by atoms with Gasteiger partial charge in [0.15, 0.2) is 0 Å². The lowest BCUT2D eigenvalue weighted by molar-refractivity contribution is -0.111. The molecule has 0 unspecified atom stereocenters. The number of carbonyl (C=O) groups is 2. The minimum Gasteiger partial charge on any atom is -0.323 e. The van der Waals surface area contributed by atoms with Gasteiger partial charge in [-0.3, -0.25) is 9.59 Å². The summed E-state index contributed by atoms with van der Waals surface area (Å²) < 4.78 is 25.8. The highest BCUT2D eigenvalue weighted by Gasteiger charge is 2.28. The summed E-state index contributed by atoms with van der Waals surface area (Å²) in [6.45, 7) is 3.87. The van der Waals surface area contributed by atoms with Crippen molar-refractivity contribution in [2.45, 2.75) is 11.3 Å². The molecule has 146 valence electrons. The van der Waals surface area contributed by atoms with E-state index in [-0.39, 0.29) is 16.7 Å². The fourth-order valence-corrected chi connectivity index (χ4v) is 3.96. The van der Waals surface area contributed by atoms with E-state index in [2.05, 4.69) is 11.9 Å². The van der Waals surface area contributed by atoms with Crippen molar-refractivity contribution in [3.63, 3.8) is 0 Å². The number of fused-ring (bicyclic) bond motifs is 1. The highest BCUT2D eigenvalue weighted by molar-refractivity contribution is 7.89. The third-order valence-electron chi connectivity index (χ3n) is 4.56. The quantitative estimate of drug-likeness (QED) is 0.782. The molecule has 1 N–H and O–H groups in total. The zero-order valence-corrected chi connectivity index (χ0v) is 16.5. The van der Waals surface area contributed by atoms with E-state index >= 15 is 0 Å². The van der Waals surface area contributed by atoms with Gasteiger partial charge >= 0.3 is 0 Å². The van der Waals surface area contributed by atoms with E-state index in [1.165, 1.54) is 30.5 Å². The zero-order valence-electron chi connectivity index (χ0n) is 15.7. The molecule has 0 radical (unpaired) electrons. The van der Waals surface area contributed by atoms with Gasteiger partial charge in [-0.1, -0.05) is 6.58 Å². The molecule has 0 atom stereocenters. The van der Waals surface area contributed by atoms with Crippen molar-refractivity contribution in [3.05, 3.63) is 66.2 Å². The second-order valence-electron chi connectivity index (χ2n) is 6.56. The minimum absolute atomic E-state index is 0.177. The van der Waals surface area contributed by atoms with E-state index in [9.17, 15) is 18.0 Å². The first-order valence-corrected chi connectivity index (χ1v) is 10.1. The Bertz CT molecular complexity index is 1040. The molecule has 28 heavy (non-hydrogen) atoms. The molecule has 0 aliphatic carbocycles. The topological polar surface area (TPSA) is 86.8 Å². The summed E-state index contributed by atoms with van der Waals surface area (Å²) in [4.78, 5) is 26.1. The summed E-state index contributed by atoms with van der Waals surface area (Å²) in [5.41, 5.74) is 2.59. The molecule has 3 rings (SSSR count). The van der Waals surface area contributed by atoms with Crippen LogP contribution >= 0.6 is 0 Å². The predicted molar refractivity (Wildman–Crippen MR) is 108 cm³/mol. The number of sulfonamides is 1. The molecule has 0 bridgehead atoms. The van der Waals surface area contributed by atoms with E-state index in [0.29, 0.717) is 29.9 Å². The normalized spacial score (nSPS) is 13.3. The van der Waals surface area contributed by atoms with Crippen molar-refractivity contribution in [3.8, 4) is 0 Å². The lowest BCUT2D eigenvalue weighted by Crippen LogP contribution is -2.28.